The molecule has 0 radical (unpaired) electrons. The normalized spacial score (nSPS) is 15.4. The van der Waals surface area contributed by atoms with Crippen LogP contribution >= 0.6 is 11.3 Å². The van der Waals surface area contributed by atoms with Crippen LogP contribution in [0.4, 0.5) is 0 Å². The van der Waals surface area contributed by atoms with Crippen LogP contribution in [0.2, 0.25) is 0 Å². The summed E-state index contributed by atoms with van der Waals surface area (Å²) in [6, 6.07) is 0.562. The van der Waals surface area contributed by atoms with Crippen molar-refractivity contribution < 1.29 is 0 Å². The summed E-state index contributed by atoms with van der Waals surface area (Å²) < 4.78 is 0. The zero-order chi connectivity index (χ0) is 12.1. The molecule has 0 bridgehead atoms. The van der Waals surface area contributed by atoms with E-state index in [1.807, 2.05) is 0 Å². The molecule has 1 rings (SSSR count). The van der Waals surface area contributed by atoms with Crippen LogP contribution in [0.3, 0.4) is 0 Å². The molecule has 0 aliphatic heterocycles. The Kier molecular flexibility index (Phi) is 5.42. The van der Waals surface area contributed by atoms with E-state index in [-0.39, 0.29) is 0 Å². The summed E-state index contributed by atoms with van der Waals surface area (Å²) in [6.07, 6.45) is 1.09. The average Bonchev–Trinajstić information content (AvgIpc) is 2.60. The molecule has 0 saturated heterocycles. The van der Waals surface area contributed by atoms with Gasteiger partial charge in [0.05, 0.1) is 10.7 Å². The van der Waals surface area contributed by atoms with E-state index in [9.17, 15) is 0 Å². The lowest BCUT2D eigenvalue weighted by Gasteiger charge is -2.27. The highest BCUT2D eigenvalue weighted by atomic mass is 32.1. The molecule has 0 saturated carbocycles. The van der Waals surface area contributed by atoms with Gasteiger partial charge in [0.1, 0.15) is 0 Å². The highest BCUT2D eigenvalue weighted by molar-refractivity contribution is 7.09. The summed E-state index contributed by atoms with van der Waals surface area (Å²) >= 11 is 1.75. The van der Waals surface area contributed by atoms with E-state index in [1.165, 1.54) is 10.7 Å². The number of aryl methyl sites for hydroxylation is 1. The van der Waals surface area contributed by atoms with Crippen molar-refractivity contribution in [3.8, 4) is 0 Å². The van der Waals surface area contributed by atoms with Crippen molar-refractivity contribution >= 4 is 11.3 Å². The molecular weight excluding hydrogens is 216 g/mol. The van der Waals surface area contributed by atoms with Gasteiger partial charge in [0, 0.05) is 11.4 Å². The zero-order valence-electron chi connectivity index (χ0n) is 11.1. The SMILES string of the molecule is CCNC(C)C(Cc1csc(C)n1)C(C)C. The van der Waals surface area contributed by atoms with Crippen LogP contribution in [0.1, 0.15) is 38.4 Å². The average molecular weight is 240 g/mol. The van der Waals surface area contributed by atoms with Crippen LogP contribution in [-0.2, 0) is 6.42 Å². The van der Waals surface area contributed by atoms with Gasteiger partial charge in [-0.3, -0.25) is 0 Å². The third kappa shape index (κ3) is 3.87. The van der Waals surface area contributed by atoms with Gasteiger partial charge in [-0.1, -0.05) is 20.8 Å². The molecule has 2 atom stereocenters. The molecule has 0 aromatic carbocycles. The summed E-state index contributed by atoms with van der Waals surface area (Å²) in [7, 11) is 0. The van der Waals surface area contributed by atoms with Crippen LogP contribution in [0.5, 0.6) is 0 Å². The molecule has 0 amide bonds. The van der Waals surface area contributed by atoms with Gasteiger partial charge >= 0.3 is 0 Å². The van der Waals surface area contributed by atoms with Crippen LogP contribution in [0.25, 0.3) is 0 Å². The molecule has 0 aliphatic carbocycles. The van der Waals surface area contributed by atoms with E-state index >= 15 is 0 Å². The van der Waals surface area contributed by atoms with Crippen molar-refractivity contribution in [2.24, 2.45) is 11.8 Å². The molecule has 3 heteroatoms. The predicted molar refractivity (Wildman–Crippen MR) is 72.0 cm³/mol. The first-order chi connectivity index (χ1) is 7.54. The molecule has 16 heavy (non-hydrogen) atoms. The standard InChI is InChI=1S/C13H24N2S/c1-6-14-10(4)13(9(2)3)7-12-8-16-11(5)15-12/h8-10,13-14H,6-7H2,1-5H3. The largest absolute Gasteiger partial charge is 0.314 e. The first-order valence-corrected chi connectivity index (χ1v) is 7.07. The highest BCUT2D eigenvalue weighted by Crippen LogP contribution is 2.22. The minimum absolute atomic E-state index is 0.562. The molecule has 92 valence electrons. The summed E-state index contributed by atoms with van der Waals surface area (Å²) in [6.45, 7) is 12.2. The topological polar surface area (TPSA) is 24.9 Å². The Balaban J connectivity index is 2.64. The maximum absolute atomic E-state index is 4.57. The lowest BCUT2D eigenvalue weighted by molar-refractivity contribution is 0.290. The van der Waals surface area contributed by atoms with Gasteiger partial charge in [0.15, 0.2) is 0 Å². The lowest BCUT2D eigenvalue weighted by Crippen LogP contribution is -2.37. The van der Waals surface area contributed by atoms with Crippen molar-refractivity contribution in [3.05, 3.63) is 16.1 Å². The number of nitrogens with zero attached hydrogens (tertiary/aromatic N) is 1. The first-order valence-electron chi connectivity index (χ1n) is 6.19. The van der Waals surface area contributed by atoms with Crippen LogP contribution in [0, 0.1) is 18.8 Å². The third-order valence-corrected chi connectivity index (χ3v) is 3.96. The van der Waals surface area contributed by atoms with E-state index < -0.39 is 0 Å². The minimum atomic E-state index is 0.562. The number of aromatic nitrogens is 1. The molecular formula is C13H24N2S. The van der Waals surface area contributed by atoms with E-state index in [4.69, 9.17) is 0 Å². The third-order valence-electron chi connectivity index (χ3n) is 3.14. The number of hydrogen-bond acceptors (Lipinski definition) is 3. The van der Waals surface area contributed by atoms with Gasteiger partial charge in [-0.25, -0.2) is 4.98 Å². The van der Waals surface area contributed by atoms with E-state index in [2.05, 4.69) is 50.3 Å². The minimum Gasteiger partial charge on any atom is -0.314 e. The van der Waals surface area contributed by atoms with Crippen molar-refractivity contribution in [1.29, 1.82) is 0 Å². The van der Waals surface area contributed by atoms with Gasteiger partial charge in [-0.2, -0.15) is 0 Å². The molecule has 0 aliphatic rings. The van der Waals surface area contributed by atoms with E-state index in [0.717, 1.165) is 13.0 Å². The Bertz CT molecular complexity index is 307. The van der Waals surface area contributed by atoms with Gasteiger partial charge < -0.3 is 5.32 Å². The van der Waals surface area contributed by atoms with Crippen LogP contribution < -0.4 is 5.32 Å². The molecule has 2 unspecified atom stereocenters. The summed E-state index contributed by atoms with van der Waals surface area (Å²) in [5.41, 5.74) is 1.26. The lowest BCUT2D eigenvalue weighted by atomic mass is 9.85. The molecule has 0 fully saturated rings. The second-order valence-corrected chi connectivity index (χ2v) is 5.88. The Morgan fingerprint density at radius 2 is 2.06 bits per heavy atom. The Labute approximate surface area is 103 Å². The van der Waals surface area contributed by atoms with Gasteiger partial charge in [-0.05, 0) is 38.6 Å². The van der Waals surface area contributed by atoms with Crippen molar-refractivity contribution in [3.63, 3.8) is 0 Å². The van der Waals surface area contributed by atoms with Gasteiger partial charge in [0.25, 0.3) is 0 Å². The number of thiazole rings is 1. The van der Waals surface area contributed by atoms with Crippen LogP contribution in [0.15, 0.2) is 5.38 Å². The fraction of sp³-hybridized carbons (Fsp3) is 0.769. The van der Waals surface area contributed by atoms with Crippen molar-refractivity contribution in [2.45, 2.75) is 47.1 Å². The molecule has 1 aromatic heterocycles. The fourth-order valence-electron chi connectivity index (χ4n) is 2.21. The molecule has 1 aromatic rings. The Morgan fingerprint density at radius 3 is 2.50 bits per heavy atom. The Hall–Kier alpha value is -0.410. The smallest absolute Gasteiger partial charge is 0.0897 e. The van der Waals surface area contributed by atoms with E-state index in [1.54, 1.807) is 11.3 Å². The summed E-state index contributed by atoms with van der Waals surface area (Å²) in [5, 5.41) is 6.90. The first kappa shape index (κ1) is 13.7. The maximum Gasteiger partial charge on any atom is 0.0897 e. The molecule has 2 nitrogen and oxygen atoms in total. The quantitative estimate of drug-likeness (QED) is 0.825. The molecule has 1 heterocycles. The molecule has 0 spiro atoms. The summed E-state index contributed by atoms with van der Waals surface area (Å²) in [5.74, 6) is 1.36. The Morgan fingerprint density at radius 1 is 1.38 bits per heavy atom. The van der Waals surface area contributed by atoms with Crippen LogP contribution in [-0.4, -0.2) is 17.6 Å². The van der Waals surface area contributed by atoms with Gasteiger partial charge in [-0.15, -0.1) is 11.3 Å². The second kappa shape index (κ2) is 6.36. The fourth-order valence-corrected chi connectivity index (χ4v) is 2.83. The van der Waals surface area contributed by atoms with Crippen molar-refractivity contribution in [1.82, 2.24) is 10.3 Å². The summed E-state index contributed by atoms with van der Waals surface area (Å²) in [4.78, 5) is 4.57. The zero-order valence-corrected chi connectivity index (χ0v) is 11.9. The number of rotatable bonds is 6. The number of nitrogens with one attached hydrogen (secondary N) is 1. The number of hydrogen-bond donors (Lipinski definition) is 1. The highest BCUT2D eigenvalue weighted by Gasteiger charge is 2.21. The second-order valence-electron chi connectivity index (χ2n) is 4.82. The monoisotopic (exact) mass is 240 g/mol. The van der Waals surface area contributed by atoms with Crippen molar-refractivity contribution in [2.75, 3.05) is 6.54 Å². The van der Waals surface area contributed by atoms with Gasteiger partial charge in [0.2, 0.25) is 0 Å². The predicted octanol–water partition coefficient (Wildman–Crippen LogP) is 3.26. The maximum atomic E-state index is 4.57. The molecule has 1 N–H and O–H groups in total. The van der Waals surface area contributed by atoms with E-state index in [0.29, 0.717) is 17.9 Å².